The predicted octanol–water partition coefficient (Wildman–Crippen LogP) is 4.20. The van der Waals surface area contributed by atoms with Gasteiger partial charge in [0.05, 0.1) is 23.2 Å². The first-order valence-electron chi connectivity index (χ1n) is 4.56. The topological polar surface area (TPSA) is 39.2 Å². The fourth-order valence-electron chi connectivity index (χ4n) is 1.45. The molecule has 0 radical (unpaired) electrons. The Balaban J connectivity index is 2.84. The molecule has 0 saturated heterocycles. The van der Waals surface area contributed by atoms with E-state index in [9.17, 15) is 4.79 Å². The van der Waals surface area contributed by atoms with Gasteiger partial charge in [-0.15, -0.1) is 0 Å². The van der Waals surface area contributed by atoms with Crippen molar-refractivity contribution in [3.8, 4) is 0 Å². The van der Waals surface area contributed by atoms with Crippen LogP contribution < -0.4 is 0 Å². The largest absolute Gasteiger partial charge is 0.465 e. The fourth-order valence-corrected chi connectivity index (χ4v) is 2.91. The lowest BCUT2D eigenvalue weighted by atomic mass is 10.1. The Morgan fingerprint density at radius 1 is 1.41 bits per heavy atom. The van der Waals surface area contributed by atoms with Crippen molar-refractivity contribution in [3.63, 3.8) is 0 Å². The number of hydrogen-bond donors (Lipinski definition) is 0. The molecule has 1 heterocycles. The minimum Gasteiger partial charge on any atom is -0.465 e. The molecule has 2 rings (SSSR count). The zero-order valence-corrected chi connectivity index (χ0v) is 12.6. The van der Waals surface area contributed by atoms with Crippen molar-refractivity contribution in [1.82, 2.24) is 4.98 Å². The first kappa shape index (κ1) is 12.8. The minimum absolute atomic E-state index is 0.347. The first-order chi connectivity index (χ1) is 8.06. The standard InChI is InChI=1S/C11H6Br2ClNO2/c1-17-11(16)5-4-15-10-6(12)2-3-7(14)8(10)9(5)13/h2-4H,1H3. The highest BCUT2D eigenvalue weighted by Gasteiger charge is 2.17. The van der Waals surface area contributed by atoms with Gasteiger partial charge in [-0.25, -0.2) is 4.79 Å². The monoisotopic (exact) mass is 377 g/mol. The highest BCUT2D eigenvalue weighted by atomic mass is 79.9. The molecule has 6 heteroatoms. The Bertz CT molecular complexity index is 616. The van der Waals surface area contributed by atoms with Crippen LogP contribution in [0, 0.1) is 0 Å². The summed E-state index contributed by atoms with van der Waals surface area (Å²) in [4.78, 5) is 15.7. The number of fused-ring (bicyclic) bond motifs is 1. The van der Waals surface area contributed by atoms with Crippen molar-refractivity contribution in [2.24, 2.45) is 0 Å². The lowest BCUT2D eigenvalue weighted by Gasteiger charge is -2.08. The number of methoxy groups -OCH3 is 1. The number of ether oxygens (including phenoxy) is 1. The lowest BCUT2D eigenvalue weighted by molar-refractivity contribution is 0.0599. The van der Waals surface area contributed by atoms with E-state index in [1.165, 1.54) is 13.3 Å². The Labute approximate surface area is 119 Å². The second-order valence-corrected chi connectivity index (χ2v) is 5.28. The third-order valence-electron chi connectivity index (χ3n) is 2.26. The smallest absolute Gasteiger partial charge is 0.340 e. The molecular formula is C11H6Br2ClNO2. The summed E-state index contributed by atoms with van der Waals surface area (Å²) in [6.45, 7) is 0. The van der Waals surface area contributed by atoms with Crippen molar-refractivity contribution in [2.75, 3.05) is 7.11 Å². The lowest BCUT2D eigenvalue weighted by Crippen LogP contribution is -2.03. The quantitative estimate of drug-likeness (QED) is 0.697. The zero-order valence-electron chi connectivity index (χ0n) is 8.63. The molecule has 0 amide bonds. The van der Waals surface area contributed by atoms with E-state index in [1.54, 1.807) is 6.07 Å². The molecule has 0 saturated carbocycles. The Morgan fingerprint density at radius 3 is 2.76 bits per heavy atom. The number of carbonyl (C=O) groups excluding carboxylic acids is 1. The normalized spacial score (nSPS) is 10.6. The van der Waals surface area contributed by atoms with Gasteiger partial charge < -0.3 is 4.74 Å². The van der Waals surface area contributed by atoms with Crippen LogP contribution in [0.15, 0.2) is 27.3 Å². The van der Waals surface area contributed by atoms with Crippen LogP contribution >= 0.6 is 43.5 Å². The first-order valence-corrected chi connectivity index (χ1v) is 6.53. The van der Waals surface area contributed by atoms with E-state index in [0.717, 1.165) is 4.47 Å². The summed E-state index contributed by atoms with van der Waals surface area (Å²) in [5.41, 5.74) is 1.04. The van der Waals surface area contributed by atoms with Crippen LogP contribution in [0.5, 0.6) is 0 Å². The Hall–Kier alpha value is -0.650. The van der Waals surface area contributed by atoms with Gasteiger partial charge in [0, 0.05) is 20.5 Å². The molecule has 0 fully saturated rings. The molecule has 0 bridgehead atoms. The van der Waals surface area contributed by atoms with E-state index in [0.29, 0.717) is 26.0 Å². The minimum atomic E-state index is -0.456. The summed E-state index contributed by atoms with van der Waals surface area (Å²) in [5.74, 6) is -0.456. The molecule has 0 N–H and O–H groups in total. The van der Waals surface area contributed by atoms with E-state index < -0.39 is 5.97 Å². The van der Waals surface area contributed by atoms with Crippen LogP contribution in [0.1, 0.15) is 10.4 Å². The van der Waals surface area contributed by atoms with Gasteiger partial charge in [-0.2, -0.15) is 0 Å². The van der Waals surface area contributed by atoms with Crippen LogP contribution in [0.25, 0.3) is 10.9 Å². The highest BCUT2D eigenvalue weighted by molar-refractivity contribution is 9.11. The molecule has 2 aromatic rings. The summed E-state index contributed by atoms with van der Waals surface area (Å²) in [6, 6.07) is 3.55. The van der Waals surface area contributed by atoms with Crippen molar-refractivity contribution in [1.29, 1.82) is 0 Å². The second kappa shape index (κ2) is 4.92. The zero-order chi connectivity index (χ0) is 12.6. The van der Waals surface area contributed by atoms with Crippen LogP contribution in [-0.4, -0.2) is 18.1 Å². The molecule has 0 aliphatic heterocycles. The van der Waals surface area contributed by atoms with E-state index >= 15 is 0 Å². The van der Waals surface area contributed by atoms with Crippen LogP contribution in [0.3, 0.4) is 0 Å². The van der Waals surface area contributed by atoms with Gasteiger partial charge in [0.1, 0.15) is 0 Å². The van der Waals surface area contributed by atoms with E-state index in [2.05, 4.69) is 41.6 Å². The number of carbonyl (C=O) groups is 1. The molecule has 0 spiro atoms. The molecule has 0 aliphatic carbocycles. The maximum Gasteiger partial charge on any atom is 0.340 e. The predicted molar refractivity (Wildman–Crippen MR) is 73.5 cm³/mol. The van der Waals surface area contributed by atoms with Crippen molar-refractivity contribution in [2.45, 2.75) is 0 Å². The number of nitrogens with zero attached hydrogens (tertiary/aromatic N) is 1. The van der Waals surface area contributed by atoms with Gasteiger partial charge in [-0.05, 0) is 44.0 Å². The fraction of sp³-hybridized carbons (Fsp3) is 0.0909. The Morgan fingerprint density at radius 2 is 2.12 bits per heavy atom. The average Bonchev–Trinajstić information content (AvgIpc) is 2.33. The van der Waals surface area contributed by atoms with E-state index in [-0.39, 0.29) is 0 Å². The molecule has 1 aromatic carbocycles. The third-order valence-corrected chi connectivity index (χ3v) is 4.04. The number of aromatic nitrogens is 1. The van der Waals surface area contributed by atoms with E-state index in [1.807, 2.05) is 6.07 Å². The number of hydrogen-bond acceptors (Lipinski definition) is 3. The summed E-state index contributed by atoms with van der Waals surface area (Å²) < 4.78 is 6.07. The molecular weight excluding hydrogens is 373 g/mol. The highest BCUT2D eigenvalue weighted by Crippen LogP contribution is 2.35. The summed E-state index contributed by atoms with van der Waals surface area (Å²) in [7, 11) is 1.32. The average molecular weight is 379 g/mol. The second-order valence-electron chi connectivity index (χ2n) is 3.23. The summed E-state index contributed by atoms with van der Waals surface area (Å²) >= 11 is 12.9. The summed E-state index contributed by atoms with van der Waals surface area (Å²) in [5, 5.41) is 1.21. The molecule has 0 atom stereocenters. The van der Waals surface area contributed by atoms with Gasteiger partial charge in [-0.3, -0.25) is 4.98 Å². The van der Waals surface area contributed by atoms with Crippen molar-refractivity contribution >= 4 is 60.3 Å². The molecule has 0 unspecified atom stereocenters. The molecule has 17 heavy (non-hydrogen) atoms. The van der Waals surface area contributed by atoms with Gasteiger partial charge in [0.25, 0.3) is 0 Å². The number of benzene rings is 1. The number of esters is 1. The molecule has 1 aromatic heterocycles. The van der Waals surface area contributed by atoms with Crippen LogP contribution in [0.4, 0.5) is 0 Å². The van der Waals surface area contributed by atoms with Gasteiger partial charge in [0.2, 0.25) is 0 Å². The Kier molecular flexibility index (Phi) is 3.70. The van der Waals surface area contributed by atoms with Crippen LogP contribution in [-0.2, 0) is 4.74 Å². The third kappa shape index (κ3) is 2.19. The maximum atomic E-state index is 11.5. The number of halogens is 3. The maximum absolute atomic E-state index is 11.5. The SMILES string of the molecule is COC(=O)c1cnc2c(Br)ccc(Cl)c2c1Br. The van der Waals surface area contributed by atoms with E-state index in [4.69, 9.17) is 11.6 Å². The van der Waals surface area contributed by atoms with Crippen molar-refractivity contribution < 1.29 is 9.53 Å². The van der Waals surface area contributed by atoms with Gasteiger partial charge in [0.15, 0.2) is 0 Å². The van der Waals surface area contributed by atoms with Gasteiger partial charge >= 0.3 is 5.97 Å². The summed E-state index contributed by atoms with van der Waals surface area (Å²) in [6.07, 6.45) is 1.46. The van der Waals surface area contributed by atoms with Crippen LogP contribution in [0.2, 0.25) is 5.02 Å². The molecule has 88 valence electrons. The molecule has 3 nitrogen and oxygen atoms in total. The number of pyridine rings is 1. The number of rotatable bonds is 1. The molecule has 0 aliphatic rings. The van der Waals surface area contributed by atoms with Gasteiger partial charge in [-0.1, -0.05) is 11.6 Å². The van der Waals surface area contributed by atoms with Crippen molar-refractivity contribution in [3.05, 3.63) is 37.9 Å².